The van der Waals surface area contributed by atoms with Gasteiger partial charge in [-0.05, 0) is 42.1 Å². The summed E-state index contributed by atoms with van der Waals surface area (Å²) in [4.78, 5) is 15.9. The lowest BCUT2D eigenvalue weighted by atomic mass is 9.97. The molecule has 4 heterocycles. The Hall–Kier alpha value is -2.81. The predicted octanol–water partition coefficient (Wildman–Crippen LogP) is 1.80. The maximum atomic E-state index is 14.8. The molecule has 6 rings (SSSR count). The number of aromatic nitrogens is 1. The van der Waals surface area contributed by atoms with Crippen LogP contribution in [0.5, 0.6) is 5.88 Å². The Kier molecular flexibility index (Phi) is 2.67. The zero-order valence-electron chi connectivity index (χ0n) is 14.5. The maximum absolute atomic E-state index is 14.8. The van der Waals surface area contributed by atoms with Gasteiger partial charge in [0.25, 0.3) is 5.88 Å². The molecule has 2 unspecified atom stereocenters. The molecule has 0 bridgehead atoms. The molecule has 5 atom stereocenters. The molecule has 1 amide bonds. The first-order chi connectivity index (χ1) is 13.0. The molecule has 0 radical (unpaired) electrons. The summed E-state index contributed by atoms with van der Waals surface area (Å²) in [6.45, 7) is 3.33. The van der Waals surface area contributed by atoms with Gasteiger partial charge in [0.05, 0.1) is 11.4 Å². The SMILES string of the molecule is CC1N(c2ccc(N3C[C@@H]4C(N)[C@@H]4C3)c(F)c2)C(=O)O[C@@]12Oc1nocc12. The standard InChI is InChI=1S/C18H17FN4O4/c1-8-18(12-7-25-21-16(12)26-18)27-17(24)23(8)9-2-3-14(13(19)4-9)22-5-10-11(6-22)15(10)20/h2-4,7-8,10-11,15H,5-6,20H2,1H3/t8?,10-,11+,15?,18-/m0/s1. The average Bonchev–Trinajstić information content (AvgIpc) is 3.04. The van der Waals surface area contributed by atoms with Crippen LogP contribution in [-0.2, 0) is 10.5 Å². The summed E-state index contributed by atoms with van der Waals surface area (Å²) in [6.07, 6.45) is 0.800. The van der Waals surface area contributed by atoms with Gasteiger partial charge in [-0.2, -0.15) is 0 Å². The van der Waals surface area contributed by atoms with Crippen molar-refractivity contribution in [1.29, 1.82) is 0 Å². The molecule has 3 fully saturated rings. The average molecular weight is 372 g/mol. The molecule has 1 aromatic carbocycles. The van der Waals surface area contributed by atoms with E-state index in [1.165, 1.54) is 17.2 Å². The molecule has 9 heteroatoms. The van der Waals surface area contributed by atoms with Gasteiger partial charge in [0.2, 0.25) is 0 Å². The summed E-state index contributed by atoms with van der Waals surface area (Å²) in [5.41, 5.74) is 7.49. The first kappa shape index (κ1) is 15.3. The number of nitrogens with zero attached hydrogens (tertiary/aromatic N) is 3. The molecular weight excluding hydrogens is 355 g/mol. The van der Waals surface area contributed by atoms with Crippen molar-refractivity contribution < 1.29 is 23.2 Å². The van der Waals surface area contributed by atoms with Gasteiger partial charge in [0, 0.05) is 19.1 Å². The van der Waals surface area contributed by atoms with Crippen LogP contribution in [0, 0.1) is 17.7 Å². The molecule has 2 N–H and O–H groups in total. The molecule has 1 aromatic heterocycles. The third-order valence-corrected chi connectivity index (χ3v) is 6.34. The van der Waals surface area contributed by atoms with E-state index in [1.54, 1.807) is 19.1 Å². The van der Waals surface area contributed by atoms with Crippen LogP contribution in [0.25, 0.3) is 0 Å². The molecule has 1 aliphatic carbocycles. The fraction of sp³-hybridized carbons (Fsp3) is 0.444. The fourth-order valence-corrected chi connectivity index (χ4v) is 4.66. The predicted molar refractivity (Wildman–Crippen MR) is 90.8 cm³/mol. The van der Waals surface area contributed by atoms with Gasteiger partial charge in [-0.3, -0.25) is 4.90 Å². The lowest BCUT2D eigenvalue weighted by Crippen LogP contribution is -2.51. The van der Waals surface area contributed by atoms with Crippen molar-refractivity contribution in [2.75, 3.05) is 22.9 Å². The Balaban J connectivity index is 1.29. The minimum atomic E-state index is -1.26. The molecular formula is C18H17FN4O4. The maximum Gasteiger partial charge on any atom is 0.418 e. The Morgan fingerprint density at radius 2 is 2.07 bits per heavy atom. The monoisotopic (exact) mass is 372 g/mol. The summed E-state index contributed by atoms with van der Waals surface area (Å²) in [6, 6.07) is 4.55. The molecule has 140 valence electrons. The van der Waals surface area contributed by atoms with E-state index in [9.17, 15) is 9.18 Å². The minimum absolute atomic E-state index is 0.254. The van der Waals surface area contributed by atoms with E-state index in [-0.39, 0.29) is 11.9 Å². The highest BCUT2D eigenvalue weighted by atomic mass is 19.1. The lowest BCUT2D eigenvalue weighted by Gasteiger charge is -2.37. The van der Waals surface area contributed by atoms with Crippen molar-refractivity contribution >= 4 is 17.5 Å². The van der Waals surface area contributed by atoms with Crippen LogP contribution >= 0.6 is 0 Å². The van der Waals surface area contributed by atoms with E-state index in [0.717, 1.165) is 13.1 Å². The van der Waals surface area contributed by atoms with Gasteiger partial charge >= 0.3 is 11.9 Å². The number of ether oxygens (including phenoxy) is 2. The highest BCUT2D eigenvalue weighted by Crippen LogP contribution is 2.52. The number of rotatable bonds is 2. The third kappa shape index (κ3) is 1.79. The molecule has 3 aliphatic heterocycles. The number of amides is 1. The number of carbonyl (C=O) groups is 1. The molecule has 27 heavy (non-hydrogen) atoms. The minimum Gasteiger partial charge on any atom is -0.425 e. The Morgan fingerprint density at radius 3 is 2.78 bits per heavy atom. The Morgan fingerprint density at radius 1 is 1.30 bits per heavy atom. The second kappa shape index (κ2) is 4.72. The summed E-state index contributed by atoms with van der Waals surface area (Å²) in [5.74, 6) is -0.391. The molecule has 1 spiro atoms. The zero-order valence-corrected chi connectivity index (χ0v) is 14.5. The molecule has 2 aromatic rings. The van der Waals surface area contributed by atoms with Crippen LogP contribution in [0.15, 0.2) is 29.0 Å². The van der Waals surface area contributed by atoms with Crippen molar-refractivity contribution in [3.05, 3.63) is 35.8 Å². The number of fused-ring (bicyclic) bond motifs is 3. The molecule has 2 saturated heterocycles. The number of carbonyl (C=O) groups excluding carboxylic acids is 1. The largest absolute Gasteiger partial charge is 0.425 e. The van der Waals surface area contributed by atoms with E-state index in [2.05, 4.69) is 5.16 Å². The van der Waals surface area contributed by atoms with E-state index in [4.69, 9.17) is 19.7 Å². The van der Waals surface area contributed by atoms with Gasteiger partial charge in [-0.15, -0.1) is 0 Å². The summed E-state index contributed by atoms with van der Waals surface area (Å²) in [5, 5.41) is 3.68. The van der Waals surface area contributed by atoms with Crippen molar-refractivity contribution in [1.82, 2.24) is 5.16 Å². The highest BCUT2D eigenvalue weighted by Gasteiger charge is 2.64. The smallest absolute Gasteiger partial charge is 0.418 e. The summed E-state index contributed by atoms with van der Waals surface area (Å²) in [7, 11) is 0. The van der Waals surface area contributed by atoms with E-state index >= 15 is 0 Å². The zero-order chi connectivity index (χ0) is 18.5. The molecule has 4 aliphatic rings. The van der Waals surface area contributed by atoms with Crippen molar-refractivity contribution in [2.45, 2.75) is 24.8 Å². The van der Waals surface area contributed by atoms with Crippen LogP contribution in [-0.4, -0.2) is 36.4 Å². The van der Waals surface area contributed by atoms with Gasteiger partial charge in [-0.1, -0.05) is 0 Å². The van der Waals surface area contributed by atoms with E-state index < -0.39 is 17.9 Å². The highest BCUT2D eigenvalue weighted by molar-refractivity contribution is 5.92. The number of anilines is 2. The number of benzene rings is 1. The van der Waals surface area contributed by atoms with Gasteiger partial charge < -0.3 is 24.6 Å². The topological polar surface area (TPSA) is 94.1 Å². The van der Waals surface area contributed by atoms with Gasteiger partial charge in [0.1, 0.15) is 23.7 Å². The van der Waals surface area contributed by atoms with Crippen LogP contribution in [0.4, 0.5) is 20.6 Å². The normalized spacial score (nSPS) is 35.6. The number of piperidine rings is 1. The van der Waals surface area contributed by atoms with Crippen LogP contribution in [0.1, 0.15) is 12.5 Å². The first-order valence-electron chi connectivity index (χ1n) is 8.96. The first-order valence-corrected chi connectivity index (χ1v) is 8.96. The van der Waals surface area contributed by atoms with Crippen molar-refractivity contribution in [3.8, 4) is 5.88 Å². The van der Waals surface area contributed by atoms with Crippen molar-refractivity contribution in [2.24, 2.45) is 17.6 Å². The molecule has 8 nitrogen and oxygen atoms in total. The van der Waals surface area contributed by atoms with Crippen LogP contribution < -0.4 is 20.3 Å². The van der Waals surface area contributed by atoms with Gasteiger partial charge in [0.15, 0.2) is 0 Å². The quantitative estimate of drug-likeness (QED) is 0.859. The number of nitrogens with two attached hydrogens (primary N) is 1. The second-order valence-electron chi connectivity index (χ2n) is 7.66. The van der Waals surface area contributed by atoms with Crippen LogP contribution in [0.2, 0.25) is 0 Å². The van der Waals surface area contributed by atoms with Crippen molar-refractivity contribution in [3.63, 3.8) is 0 Å². The summed E-state index contributed by atoms with van der Waals surface area (Å²) < 4.78 is 30.7. The molecule has 1 saturated carbocycles. The number of halogens is 1. The van der Waals surface area contributed by atoms with Crippen LogP contribution in [0.3, 0.4) is 0 Å². The van der Waals surface area contributed by atoms with Gasteiger partial charge in [-0.25, -0.2) is 9.18 Å². The fourth-order valence-electron chi connectivity index (χ4n) is 4.66. The number of hydrogen-bond acceptors (Lipinski definition) is 7. The van der Waals surface area contributed by atoms with E-state index in [0.29, 0.717) is 34.7 Å². The third-order valence-electron chi connectivity index (χ3n) is 6.34. The Bertz CT molecular complexity index is 968. The second-order valence-corrected chi connectivity index (χ2v) is 7.66. The Labute approximate surface area is 153 Å². The summed E-state index contributed by atoms with van der Waals surface area (Å²) >= 11 is 0. The lowest BCUT2D eigenvalue weighted by molar-refractivity contribution is -0.170. The van der Waals surface area contributed by atoms with E-state index in [1.807, 2.05) is 4.90 Å². The number of hydrogen-bond donors (Lipinski definition) is 1.